The molecular formula is C31H43N3O5. The number of ether oxygens (including phenoxy) is 1. The molecule has 0 bridgehead atoms. The molecule has 2 aromatic rings. The number of carbonyl (C=O) groups excluding carboxylic acids is 3. The number of hydrogen-bond acceptors (Lipinski definition) is 5. The lowest BCUT2D eigenvalue weighted by molar-refractivity contribution is -0.141. The number of carbonyl (C=O) groups is 3. The number of hydrogen-bond donors (Lipinski definition) is 3. The third-order valence-corrected chi connectivity index (χ3v) is 5.92. The molecule has 0 fully saturated rings. The number of alkyl carbamates (subject to hydrolysis) is 1. The molecule has 0 radical (unpaired) electrons. The maximum Gasteiger partial charge on any atom is 0.408 e. The molecule has 0 aromatic heterocycles. The summed E-state index contributed by atoms with van der Waals surface area (Å²) in [7, 11) is 0. The van der Waals surface area contributed by atoms with E-state index in [1.165, 1.54) is 17.0 Å². The van der Waals surface area contributed by atoms with E-state index < -0.39 is 29.7 Å². The lowest BCUT2D eigenvalue weighted by Gasteiger charge is -2.34. The number of unbranched alkanes of at least 4 members (excludes halogenated alkanes) is 1. The second-order valence-electron chi connectivity index (χ2n) is 10.8. The van der Waals surface area contributed by atoms with E-state index in [1.807, 2.05) is 39.0 Å². The minimum Gasteiger partial charge on any atom is -0.508 e. The molecule has 2 unspecified atom stereocenters. The Hall–Kier alpha value is -3.81. The highest BCUT2D eigenvalue weighted by Gasteiger charge is 2.36. The first-order chi connectivity index (χ1) is 18.3. The van der Waals surface area contributed by atoms with Crippen molar-refractivity contribution in [2.45, 2.75) is 78.5 Å². The van der Waals surface area contributed by atoms with Crippen LogP contribution in [0.3, 0.4) is 0 Å². The van der Waals surface area contributed by atoms with Crippen molar-refractivity contribution in [1.82, 2.24) is 15.5 Å². The summed E-state index contributed by atoms with van der Waals surface area (Å²) in [6.07, 6.45) is 2.68. The highest BCUT2D eigenvalue weighted by molar-refractivity contribution is 5.92. The lowest BCUT2D eigenvalue weighted by atomic mass is 9.97. The fourth-order valence-corrected chi connectivity index (χ4v) is 4.31. The first-order valence-corrected chi connectivity index (χ1v) is 13.4. The van der Waals surface area contributed by atoms with E-state index in [2.05, 4.69) is 17.2 Å². The molecule has 2 aromatic carbocycles. The van der Waals surface area contributed by atoms with Gasteiger partial charge in [-0.05, 0) is 64.3 Å². The van der Waals surface area contributed by atoms with Crippen LogP contribution < -0.4 is 10.6 Å². The Labute approximate surface area is 232 Å². The van der Waals surface area contributed by atoms with Gasteiger partial charge in [0.05, 0.1) is 0 Å². The van der Waals surface area contributed by atoms with Crippen molar-refractivity contribution in [2.75, 3.05) is 13.1 Å². The highest BCUT2D eigenvalue weighted by atomic mass is 16.6. The Morgan fingerprint density at radius 1 is 1.08 bits per heavy atom. The summed E-state index contributed by atoms with van der Waals surface area (Å²) in [4.78, 5) is 42.1. The third kappa shape index (κ3) is 10.1. The standard InChI is InChI=1S/C31H43N3O5/c1-8-10-15-32-28(36)27(24-18-21(3)17-22(4)19-24)34(16-9-2)29(37)26(33-30(38)39-31(5,6)7)20-23-11-13-25(35)14-12-23/h9,11-14,17-19,26-27,35H,2,8,10,15-16,20H2,1,3-7H3,(H,32,36)(H,33,38). The zero-order valence-corrected chi connectivity index (χ0v) is 24.0. The van der Waals surface area contributed by atoms with Crippen LogP contribution in [0.15, 0.2) is 55.1 Å². The van der Waals surface area contributed by atoms with Crippen molar-refractivity contribution in [1.29, 1.82) is 0 Å². The molecule has 0 aliphatic carbocycles. The normalized spacial score (nSPS) is 12.7. The van der Waals surface area contributed by atoms with Crippen LogP contribution in [0.2, 0.25) is 0 Å². The number of phenolic OH excluding ortho intramolecular Hbond substituents is 1. The summed E-state index contributed by atoms with van der Waals surface area (Å²) in [6, 6.07) is 10.2. The molecule has 0 aliphatic rings. The van der Waals surface area contributed by atoms with Gasteiger partial charge in [-0.3, -0.25) is 9.59 Å². The van der Waals surface area contributed by atoms with Crippen molar-refractivity contribution in [2.24, 2.45) is 0 Å². The summed E-state index contributed by atoms with van der Waals surface area (Å²) in [5.74, 6) is -0.665. The van der Waals surface area contributed by atoms with Crippen LogP contribution in [-0.2, 0) is 20.7 Å². The number of nitrogens with zero attached hydrogens (tertiary/aromatic N) is 1. The van der Waals surface area contributed by atoms with Gasteiger partial charge in [0, 0.05) is 19.5 Å². The van der Waals surface area contributed by atoms with Gasteiger partial charge < -0.3 is 25.4 Å². The van der Waals surface area contributed by atoms with E-state index in [9.17, 15) is 19.5 Å². The van der Waals surface area contributed by atoms with Crippen molar-refractivity contribution in [3.05, 3.63) is 77.4 Å². The van der Waals surface area contributed by atoms with Crippen LogP contribution in [-0.4, -0.2) is 52.6 Å². The second kappa shape index (κ2) is 14.4. The van der Waals surface area contributed by atoms with E-state index in [0.29, 0.717) is 12.1 Å². The number of aryl methyl sites for hydroxylation is 2. The Kier molecular flexibility index (Phi) is 11.6. The monoisotopic (exact) mass is 537 g/mol. The quantitative estimate of drug-likeness (QED) is 0.257. The average Bonchev–Trinajstić information content (AvgIpc) is 2.82. The molecule has 39 heavy (non-hydrogen) atoms. The molecule has 0 saturated carbocycles. The number of nitrogens with one attached hydrogen (secondary N) is 2. The number of amides is 3. The van der Waals surface area contributed by atoms with Crippen LogP contribution in [0.25, 0.3) is 0 Å². The molecular weight excluding hydrogens is 494 g/mol. The van der Waals surface area contributed by atoms with E-state index >= 15 is 0 Å². The van der Waals surface area contributed by atoms with Gasteiger partial charge in [-0.1, -0.05) is 60.9 Å². The van der Waals surface area contributed by atoms with Crippen molar-refractivity contribution >= 4 is 17.9 Å². The van der Waals surface area contributed by atoms with E-state index in [1.54, 1.807) is 39.0 Å². The summed E-state index contributed by atoms with van der Waals surface area (Å²) < 4.78 is 5.44. The Morgan fingerprint density at radius 3 is 2.23 bits per heavy atom. The molecule has 3 N–H and O–H groups in total. The van der Waals surface area contributed by atoms with Gasteiger partial charge >= 0.3 is 6.09 Å². The van der Waals surface area contributed by atoms with Gasteiger partial charge in [-0.25, -0.2) is 4.79 Å². The maximum absolute atomic E-state index is 14.2. The van der Waals surface area contributed by atoms with Crippen LogP contribution >= 0.6 is 0 Å². The van der Waals surface area contributed by atoms with Crippen LogP contribution in [0.4, 0.5) is 4.79 Å². The number of aromatic hydroxyl groups is 1. The van der Waals surface area contributed by atoms with E-state index in [0.717, 1.165) is 29.5 Å². The van der Waals surface area contributed by atoms with Crippen molar-refractivity contribution < 1.29 is 24.2 Å². The summed E-state index contributed by atoms with van der Waals surface area (Å²) in [5, 5.41) is 15.4. The van der Waals surface area contributed by atoms with Crippen molar-refractivity contribution in [3.8, 4) is 5.75 Å². The average molecular weight is 538 g/mol. The lowest BCUT2D eigenvalue weighted by Crippen LogP contribution is -2.54. The minimum atomic E-state index is -1.04. The highest BCUT2D eigenvalue weighted by Crippen LogP contribution is 2.26. The molecule has 0 spiro atoms. The van der Waals surface area contributed by atoms with Crippen LogP contribution in [0.1, 0.15) is 68.8 Å². The van der Waals surface area contributed by atoms with Crippen LogP contribution in [0, 0.1) is 13.8 Å². The molecule has 0 aliphatic heterocycles. The number of rotatable bonds is 12. The summed E-state index contributed by atoms with van der Waals surface area (Å²) >= 11 is 0. The Morgan fingerprint density at radius 2 is 1.69 bits per heavy atom. The largest absolute Gasteiger partial charge is 0.508 e. The SMILES string of the molecule is C=CCN(C(=O)C(Cc1ccc(O)cc1)NC(=O)OC(C)(C)C)C(C(=O)NCCCC)c1cc(C)cc(C)c1. The maximum atomic E-state index is 14.2. The third-order valence-electron chi connectivity index (χ3n) is 5.92. The predicted molar refractivity (Wildman–Crippen MR) is 153 cm³/mol. The fourth-order valence-electron chi connectivity index (χ4n) is 4.31. The van der Waals surface area contributed by atoms with E-state index in [-0.39, 0.29) is 24.6 Å². The number of phenols is 1. The predicted octanol–water partition coefficient (Wildman–Crippen LogP) is 5.12. The van der Waals surface area contributed by atoms with Gasteiger partial charge in [-0.2, -0.15) is 0 Å². The fraction of sp³-hybridized carbons (Fsp3) is 0.452. The number of benzene rings is 2. The molecule has 212 valence electrons. The molecule has 0 heterocycles. The summed E-state index contributed by atoms with van der Waals surface area (Å²) in [5.41, 5.74) is 2.57. The van der Waals surface area contributed by atoms with Crippen molar-refractivity contribution in [3.63, 3.8) is 0 Å². The smallest absolute Gasteiger partial charge is 0.408 e. The molecule has 8 heteroatoms. The van der Waals surface area contributed by atoms with Gasteiger partial charge in [0.15, 0.2) is 0 Å². The van der Waals surface area contributed by atoms with Gasteiger partial charge in [0.1, 0.15) is 23.4 Å². The zero-order chi connectivity index (χ0) is 29.2. The first kappa shape index (κ1) is 31.4. The van der Waals surface area contributed by atoms with Crippen LogP contribution in [0.5, 0.6) is 5.75 Å². The topological polar surface area (TPSA) is 108 Å². The van der Waals surface area contributed by atoms with E-state index in [4.69, 9.17) is 4.74 Å². The van der Waals surface area contributed by atoms with Gasteiger partial charge in [-0.15, -0.1) is 6.58 Å². The second-order valence-corrected chi connectivity index (χ2v) is 10.8. The molecule has 2 rings (SSSR count). The molecule has 2 atom stereocenters. The molecule has 0 saturated heterocycles. The van der Waals surface area contributed by atoms with Gasteiger partial charge in [0.25, 0.3) is 0 Å². The Bertz CT molecular complexity index is 1120. The Balaban J connectivity index is 2.54. The van der Waals surface area contributed by atoms with Gasteiger partial charge in [0.2, 0.25) is 11.8 Å². The first-order valence-electron chi connectivity index (χ1n) is 13.4. The minimum absolute atomic E-state index is 0.0831. The molecule has 8 nitrogen and oxygen atoms in total. The molecule has 3 amide bonds. The summed E-state index contributed by atoms with van der Waals surface area (Å²) in [6.45, 7) is 15.5. The zero-order valence-electron chi connectivity index (χ0n) is 24.0.